The van der Waals surface area contributed by atoms with Gasteiger partial charge in [0.15, 0.2) is 0 Å². The fourth-order valence-electron chi connectivity index (χ4n) is 2.42. The highest BCUT2D eigenvalue weighted by Crippen LogP contribution is 2.32. The van der Waals surface area contributed by atoms with Crippen molar-refractivity contribution in [2.24, 2.45) is 0 Å². The first-order valence-corrected chi connectivity index (χ1v) is 6.45. The number of hydrogen-bond donors (Lipinski definition) is 1. The number of fused-ring (bicyclic) bond motifs is 1. The van der Waals surface area contributed by atoms with Crippen LogP contribution in [-0.2, 0) is 0 Å². The minimum absolute atomic E-state index is 0.674. The second-order valence-electron chi connectivity index (χ2n) is 4.59. The lowest BCUT2D eigenvalue weighted by Crippen LogP contribution is -2.03. The first kappa shape index (κ1) is 12.6. The van der Waals surface area contributed by atoms with Crippen LogP contribution >= 0.6 is 0 Å². The standard InChI is InChI=1S/C17H15NO2/c1-20-16-9-5-4-8-14(16)17(19)15-11-18-10-12-6-2-3-7-13(12)15/h2-11,17,19H,1H3. The average molecular weight is 265 g/mol. The summed E-state index contributed by atoms with van der Waals surface area (Å²) < 4.78 is 5.32. The minimum Gasteiger partial charge on any atom is -0.496 e. The van der Waals surface area contributed by atoms with Gasteiger partial charge in [0.25, 0.3) is 0 Å². The molecule has 3 aromatic rings. The van der Waals surface area contributed by atoms with Gasteiger partial charge < -0.3 is 9.84 Å². The molecule has 3 nitrogen and oxygen atoms in total. The summed E-state index contributed by atoms with van der Waals surface area (Å²) in [4.78, 5) is 4.21. The largest absolute Gasteiger partial charge is 0.496 e. The number of pyridine rings is 1. The zero-order chi connectivity index (χ0) is 13.9. The van der Waals surface area contributed by atoms with Crippen LogP contribution in [0.3, 0.4) is 0 Å². The van der Waals surface area contributed by atoms with Gasteiger partial charge in [-0.2, -0.15) is 0 Å². The molecule has 0 amide bonds. The lowest BCUT2D eigenvalue weighted by atomic mass is 9.97. The molecule has 0 saturated heterocycles. The summed E-state index contributed by atoms with van der Waals surface area (Å²) in [6, 6.07) is 15.4. The van der Waals surface area contributed by atoms with Crippen LogP contribution in [0.5, 0.6) is 5.75 Å². The van der Waals surface area contributed by atoms with Crippen molar-refractivity contribution in [2.75, 3.05) is 7.11 Å². The van der Waals surface area contributed by atoms with Crippen molar-refractivity contribution in [3.8, 4) is 5.75 Å². The van der Waals surface area contributed by atoms with Crippen LogP contribution in [-0.4, -0.2) is 17.2 Å². The molecule has 3 heteroatoms. The van der Waals surface area contributed by atoms with E-state index < -0.39 is 6.10 Å². The SMILES string of the molecule is COc1ccccc1C(O)c1cncc2ccccc12. The Labute approximate surface area is 117 Å². The first-order chi connectivity index (χ1) is 9.81. The molecule has 2 aromatic carbocycles. The smallest absolute Gasteiger partial charge is 0.125 e. The van der Waals surface area contributed by atoms with Crippen LogP contribution in [0.4, 0.5) is 0 Å². The normalized spacial score (nSPS) is 12.3. The Balaban J connectivity index is 2.15. The summed E-state index contributed by atoms with van der Waals surface area (Å²) in [6.45, 7) is 0. The molecule has 0 spiro atoms. The highest BCUT2D eigenvalue weighted by molar-refractivity contribution is 5.85. The molecule has 1 unspecified atom stereocenters. The number of benzene rings is 2. The van der Waals surface area contributed by atoms with Crippen LogP contribution in [0.1, 0.15) is 17.2 Å². The number of aliphatic hydroxyl groups excluding tert-OH is 1. The van der Waals surface area contributed by atoms with E-state index in [1.165, 1.54) is 0 Å². The molecule has 1 heterocycles. The third-order valence-corrected chi connectivity index (χ3v) is 3.43. The zero-order valence-electron chi connectivity index (χ0n) is 11.2. The maximum Gasteiger partial charge on any atom is 0.125 e. The molecule has 1 aromatic heterocycles. The predicted octanol–water partition coefficient (Wildman–Crippen LogP) is 3.33. The summed E-state index contributed by atoms with van der Waals surface area (Å²) in [5.74, 6) is 0.674. The van der Waals surface area contributed by atoms with Crippen LogP contribution in [0.25, 0.3) is 10.8 Å². The third-order valence-electron chi connectivity index (χ3n) is 3.43. The minimum atomic E-state index is -0.759. The summed E-state index contributed by atoms with van der Waals surface area (Å²) >= 11 is 0. The van der Waals surface area contributed by atoms with Crippen LogP contribution < -0.4 is 4.74 Å². The summed E-state index contributed by atoms with van der Waals surface area (Å²) in [6.07, 6.45) is 2.75. The predicted molar refractivity (Wildman–Crippen MR) is 78.8 cm³/mol. The van der Waals surface area contributed by atoms with E-state index in [0.717, 1.165) is 21.9 Å². The van der Waals surface area contributed by atoms with Gasteiger partial charge >= 0.3 is 0 Å². The molecule has 0 aliphatic carbocycles. The molecule has 0 fully saturated rings. The van der Waals surface area contributed by atoms with Crippen LogP contribution in [0, 0.1) is 0 Å². The first-order valence-electron chi connectivity index (χ1n) is 6.45. The topological polar surface area (TPSA) is 42.4 Å². The van der Waals surface area contributed by atoms with Gasteiger partial charge in [0.1, 0.15) is 11.9 Å². The molecule has 0 aliphatic rings. The highest BCUT2D eigenvalue weighted by atomic mass is 16.5. The van der Waals surface area contributed by atoms with Gasteiger partial charge in [-0.05, 0) is 11.5 Å². The number of nitrogens with zero attached hydrogens (tertiary/aromatic N) is 1. The number of rotatable bonds is 3. The van der Waals surface area contributed by atoms with Crippen molar-refractivity contribution in [1.82, 2.24) is 4.98 Å². The number of para-hydroxylation sites is 1. The fraction of sp³-hybridized carbons (Fsp3) is 0.118. The zero-order valence-corrected chi connectivity index (χ0v) is 11.2. The van der Waals surface area contributed by atoms with E-state index in [0.29, 0.717) is 5.75 Å². The van der Waals surface area contributed by atoms with Gasteiger partial charge in [-0.3, -0.25) is 4.98 Å². The van der Waals surface area contributed by atoms with Crippen molar-refractivity contribution < 1.29 is 9.84 Å². The van der Waals surface area contributed by atoms with E-state index in [4.69, 9.17) is 4.74 Å². The molecule has 0 radical (unpaired) electrons. The van der Waals surface area contributed by atoms with Gasteiger partial charge in [-0.1, -0.05) is 42.5 Å². The van der Waals surface area contributed by atoms with Gasteiger partial charge in [0.05, 0.1) is 7.11 Å². The van der Waals surface area contributed by atoms with Crippen molar-refractivity contribution in [1.29, 1.82) is 0 Å². The number of aromatic nitrogens is 1. The van der Waals surface area contributed by atoms with Crippen LogP contribution in [0.15, 0.2) is 60.9 Å². The molecule has 1 atom stereocenters. The van der Waals surface area contributed by atoms with E-state index in [2.05, 4.69) is 4.98 Å². The molecule has 1 N–H and O–H groups in total. The Morgan fingerprint density at radius 2 is 1.70 bits per heavy atom. The van der Waals surface area contributed by atoms with E-state index in [9.17, 15) is 5.11 Å². The fourth-order valence-corrected chi connectivity index (χ4v) is 2.42. The number of hydrogen-bond acceptors (Lipinski definition) is 3. The number of methoxy groups -OCH3 is 1. The Kier molecular flexibility index (Phi) is 3.35. The molecule has 100 valence electrons. The maximum absolute atomic E-state index is 10.7. The average Bonchev–Trinajstić information content (AvgIpc) is 2.53. The summed E-state index contributed by atoms with van der Waals surface area (Å²) in [7, 11) is 1.60. The van der Waals surface area contributed by atoms with Gasteiger partial charge in [0, 0.05) is 28.9 Å². The second-order valence-corrected chi connectivity index (χ2v) is 4.59. The molecule has 0 aliphatic heterocycles. The summed E-state index contributed by atoms with van der Waals surface area (Å²) in [5.41, 5.74) is 1.53. The van der Waals surface area contributed by atoms with E-state index >= 15 is 0 Å². The molecule has 3 rings (SSSR count). The molecule has 0 saturated carbocycles. The molecule has 0 bridgehead atoms. The molecular weight excluding hydrogens is 250 g/mol. The van der Waals surface area contributed by atoms with E-state index in [-0.39, 0.29) is 0 Å². The number of ether oxygens (including phenoxy) is 1. The van der Waals surface area contributed by atoms with Gasteiger partial charge in [-0.15, -0.1) is 0 Å². The van der Waals surface area contributed by atoms with Crippen LogP contribution in [0.2, 0.25) is 0 Å². The summed E-state index contributed by atoms with van der Waals surface area (Å²) in [5, 5.41) is 12.7. The van der Waals surface area contributed by atoms with Crippen molar-refractivity contribution in [3.63, 3.8) is 0 Å². The lowest BCUT2D eigenvalue weighted by molar-refractivity contribution is 0.216. The Morgan fingerprint density at radius 3 is 2.55 bits per heavy atom. The Morgan fingerprint density at radius 1 is 0.950 bits per heavy atom. The van der Waals surface area contributed by atoms with Crippen molar-refractivity contribution >= 4 is 10.8 Å². The van der Waals surface area contributed by atoms with Gasteiger partial charge in [-0.25, -0.2) is 0 Å². The molecule has 20 heavy (non-hydrogen) atoms. The van der Waals surface area contributed by atoms with E-state index in [1.54, 1.807) is 19.5 Å². The monoisotopic (exact) mass is 265 g/mol. The quantitative estimate of drug-likeness (QED) is 0.790. The number of aliphatic hydroxyl groups is 1. The maximum atomic E-state index is 10.7. The highest BCUT2D eigenvalue weighted by Gasteiger charge is 2.17. The lowest BCUT2D eigenvalue weighted by Gasteiger charge is -2.16. The van der Waals surface area contributed by atoms with Crippen molar-refractivity contribution in [3.05, 3.63) is 72.1 Å². The molecular formula is C17H15NO2. The Bertz CT molecular complexity index is 734. The van der Waals surface area contributed by atoms with Crippen molar-refractivity contribution in [2.45, 2.75) is 6.10 Å². The Hall–Kier alpha value is -2.39. The second kappa shape index (κ2) is 5.31. The van der Waals surface area contributed by atoms with Gasteiger partial charge in [0.2, 0.25) is 0 Å². The third kappa shape index (κ3) is 2.12. The van der Waals surface area contributed by atoms with E-state index in [1.807, 2.05) is 48.5 Å².